The highest BCUT2D eigenvalue weighted by molar-refractivity contribution is 6.17. The molecule has 0 fully saturated rings. The maximum atomic E-state index is 5.82. The summed E-state index contributed by atoms with van der Waals surface area (Å²) in [5, 5.41) is 0. The molecule has 1 atom stereocenters. The summed E-state index contributed by atoms with van der Waals surface area (Å²) in [6.45, 7) is 6.46. The third-order valence-corrected chi connectivity index (χ3v) is 2.42. The van der Waals surface area contributed by atoms with Gasteiger partial charge in [0.25, 0.3) is 0 Å². The largest absolute Gasteiger partial charge is 0.490 e. The number of aromatic nitrogens is 1. The van der Waals surface area contributed by atoms with Gasteiger partial charge in [-0.1, -0.05) is 13.8 Å². The van der Waals surface area contributed by atoms with Crippen LogP contribution in [0.4, 0.5) is 0 Å². The Morgan fingerprint density at radius 3 is 2.73 bits per heavy atom. The van der Waals surface area contributed by atoms with E-state index in [0.717, 1.165) is 17.7 Å². The van der Waals surface area contributed by atoms with Crippen molar-refractivity contribution >= 4 is 11.6 Å². The standard InChI is InChI=1S/C12H18ClNO/c1-9(2)6-10(3)15-12-4-5-14-8-11(12)7-13/h4-5,8-10H,6-7H2,1-3H3. The molecule has 3 heteroatoms. The molecule has 1 rings (SSSR count). The first-order chi connectivity index (χ1) is 7.13. The first-order valence-corrected chi connectivity index (χ1v) is 5.82. The molecule has 15 heavy (non-hydrogen) atoms. The smallest absolute Gasteiger partial charge is 0.127 e. The summed E-state index contributed by atoms with van der Waals surface area (Å²) < 4.78 is 5.82. The van der Waals surface area contributed by atoms with E-state index < -0.39 is 0 Å². The van der Waals surface area contributed by atoms with Crippen LogP contribution in [0.15, 0.2) is 18.5 Å². The van der Waals surface area contributed by atoms with Gasteiger partial charge < -0.3 is 4.74 Å². The molecule has 2 nitrogen and oxygen atoms in total. The van der Waals surface area contributed by atoms with Crippen LogP contribution in [-0.2, 0) is 5.88 Å². The van der Waals surface area contributed by atoms with Gasteiger partial charge in [-0.15, -0.1) is 11.6 Å². The summed E-state index contributed by atoms with van der Waals surface area (Å²) in [7, 11) is 0. The molecule has 1 heterocycles. The third kappa shape index (κ3) is 4.08. The van der Waals surface area contributed by atoms with E-state index in [1.807, 2.05) is 6.07 Å². The van der Waals surface area contributed by atoms with E-state index >= 15 is 0 Å². The Kier molecular flexibility index (Phi) is 4.89. The molecule has 0 aliphatic heterocycles. The number of nitrogens with zero attached hydrogens (tertiary/aromatic N) is 1. The second-order valence-electron chi connectivity index (χ2n) is 4.18. The highest BCUT2D eigenvalue weighted by Crippen LogP contribution is 2.21. The third-order valence-electron chi connectivity index (χ3n) is 2.13. The van der Waals surface area contributed by atoms with Gasteiger partial charge in [0.15, 0.2) is 0 Å². The predicted molar refractivity (Wildman–Crippen MR) is 63.3 cm³/mol. The molecule has 0 bridgehead atoms. The zero-order chi connectivity index (χ0) is 11.3. The van der Waals surface area contributed by atoms with Crippen molar-refractivity contribution in [2.75, 3.05) is 0 Å². The molecule has 0 saturated carbocycles. The Morgan fingerprint density at radius 1 is 1.40 bits per heavy atom. The molecule has 0 aromatic carbocycles. The number of ether oxygens (including phenoxy) is 1. The number of halogens is 1. The Bertz CT molecular complexity index is 301. The van der Waals surface area contributed by atoms with Crippen molar-refractivity contribution in [1.29, 1.82) is 0 Å². The van der Waals surface area contributed by atoms with Crippen molar-refractivity contribution in [2.24, 2.45) is 5.92 Å². The van der Waals surface area contributed by atoms with Gasteiger partial charge in [-0.25, -0.2) is 0 Å². The summed E-state index contributed by atoms with van der Waals surface area (Å²) in [4.78, 5) is 4.02. The Balaban J connectivity index is 2.63. The average Bonchev–Trinajstić information content (AvgIpc) is 2.17. The van der Waals surface area contributed by atoms with Gasteiger partial charge in [0, 0.05) is 18.0 Å². The SMILES string of the molecule is CC(C)CC(C)Oc1ccncc1CCl. The van der Waals surface area contributed by atoms with Crippen molar-refractivity contribution in [3.63, 3.8) is 0 Å². The van der Waals surface area contributed by atoms with Crippen LogP contribution < -0.4 is 4.74 Å². The maximum absolute atomic E-state index is 5.82. The molecule has 0 saturated heterocycles. The van der Waals surface area contributed by atoms with Gasteiger partial charge in [0.2, 0.25) is 0 Å². The monoisotopic (exact) mass is 227 g/mol. The average molecular weight is 228 g/mol. The van der Waals surface area contributed by atoms with E-state index in [1.165, 1.54) is 0 Å². The van der Waals surface area contributed by atoms with Crippen molar-refractivity contribution in [1.82, 2.24) is 4.98 Å². The Labute approximate surface area is 96.6 Å². The highest BCUT2D eigenvalue weighted by Gasteiger charge is 2.09. The van der Waals surface area contributed by atoms with E-state index in [9.17, 15) is 0 Å². The molecule has 0 N–H and O–H groups in total. The van der Waals surface area contributed by atoms with Gasteiger partial charge in [0.1, 0.15) is 5.75 Å². The molecule has 84 valence electrons. The molecule has 1 unspecified atom stereocenters. The van der Waals surface area contributed by atoms with Crippen molar-refractivity contribution < 1.29 is 4.74 Å². The summed E-state index contributed by atoms with van der Waals surface area (Å²) in [5.41, 5.74) is 0.953. The second-order valence-corrected chi connectivity index (χ2v) is 4.44. The van der Waals surface area contributed by atoms with Gasteiger partial charge >= 0.3 is 0 Å². The second kappa shape index (κ2) is 5.96. The van der Waals surface area contributed by atoms with E-state index in [-0.39, 0.29) is 6.10 Å². The van der Waals surface area contributed by atoms with E-state index in [4.69, 9.17) is 16.3 Å². The van der Waals surface area contributed by atoms with E-state index in [0.29, 0.717) is 11.8 Å². The summed E-state index contributed by atoms with van der Waals surface area (Å²) in [6.07, 6.45) is 4.75. The summed E-state index contributed by atoms with van der Waals surface area (Å²) in [5.74, 6) is 1.94. The van der Waals surface area contributed by atoms with Gasteiger partial charge in [-0.2, -0.15) is 0 Å². The van der Waals surface area contributed by atoms with E-state index in [2.05, 4.69) is 25.8 Å². The minimum Gasteiger partial charge on any atom is -0.490 e. The van der Waals surface area contributed by atoms with Crippen molar-refractivity contribution in [2.45, 2.75) is 39.2 Å². The first kappa shape index (κ1) is 12.3. The lowest BCUT2D eigenvalue weighted by molar-refractivity contribution is 0.191. The molecule has 1 aromatic heterocycles. The molecular weight excluding hydrogens is 210 g/mol. The van der Waals surface area contributed by atoms with Crippen molar-refractivity contribution in [3.05, 3.63) is 24.0 Å². The number of hydrogen-bond donors (Lipinski definition) is 0. The minimum absolute atomic E-state index is 0.217. The molecule has 0 amide bonds. The zero-order valence-corrected chi connectivity index (χ0v) is 10.3. The minimum atomic E-state index is 0.217. The number of alkyl halides is 1. The molecule has 0 aliphatic carbocycles. The predicted octanol–water partition coefficient (Wildman–Crippen LogP) is 3.63. The normalized spacial score (nSPS) is 12.9. The molecule has 0 spiro atoms. The quantitative estimate of drug-likeness (QED) is 0.717. The summed E-state index contributed by atoms with van der Waals surface area (Å²) in [6, 6.07) is 1.87. The number of rotatable bonds is 5. The lowest BCUT2D eigenvalue weighted by atomic mass is 10.1. The van der Waals surface area contributed by atoms with Gasteiger partial charge in [-0.05, 0) is 25.3 Å². The molecule has 0 aliphatic rings. The number of hydrogen-bond acceptors (Lipinski definition) is 2. The van der Waals surface area contributed by atoms with Crippen LogP contribution in [-0.4, -0.2) is 11.1 Å². The van der Waals surface area contributed by atoms with Crippen LogP contribution in [0, 0.1) is 5.92 Å². The highest BCUT2D eigenvalue weighted by atomic mass is 35.5. The van der Waals surface area contributed by atoms with Crippen LogP contribution in [0.2, 0.25) is 0 Å². The van der Waals surface area contributed by atoms with Crippen LogP contribution in [0.1, 0.15) is 32.8 Å². The Morgan fingerprint density at radius 2 is 2.13 bits per heavy atom. The van der Waals surface area contributed by atoms with Crippen molar-refractivity contribution in [3.8, 4) is 5.75 Å². The first-order valence-electron chi connectivity index (χ1n) is 5.29. The lowest BCUT2D eigenvalue weighted by Gasteiger charge is -2.18. The fraction of sp³-hybridized carbons (Fsp3) is 0.583. The molecule has 1 aromatic rings. The fourth-order valence-corrected chi connectivity index (χ4v) is 1.76. The fourth-order valence-electron chi connectivity index (χ4n) is 1.56. The van der Waals surface area contributed by atoms with Crippen LogP contribution in [0.25, 0.3) is 0 Å². The van der Waals surface area contributed by atoms with Gasteiger partial charge in [0.05, 0.1) is 12.0 Å². The number of pyridine rings is 1. The van der Waals surface area contributed by atoms with Crippen LogP contribution >= 0.6 is 11.6 Å². The van der Waals surface area contributed by atoms with Crippen LogP contribution in [0.5, 0.6) is 5.75 Å². The Hall–Kier alpha value is -0.760. The lowest BCUT2D eigenvalue weighted by Crippen LogP contribution is -2.15. The molecular formula is C12H18ClNO. The van der Waals surface area contributed by atoms with E-state index in [1.54, 1.807) is 12.4 Å². The maximum Gasteiger partial charge on any atom is 0.127 e. The molecule has 0 radical (unpaired) electrons. The zero-order valence-electron chi connectivity index (χ0n) is 9.53. The topological polar surface area (TPSA) is 22.1 Å². The summed E-state index contributed by atoms with van der Waals surface area (Å²) >= 11 is 5.80. The van der Waals surface area contributed by atoms with Crippen LogP contribution in [0.3, 0.4) is 0 Å². The van der Waals surface area contributed by atoms with Gasteiger partial charge in [-0.3, -0.25) is 4.98 Å².